The minimum absolute atomic E-state index is 0.113. The number of allylic oxidation sites excluding steroid dienone is 1. The minimum atomic E-state index is -1.14. The van der Waals surface area contributed by atoms with Gasteiger partial charge in [0.2, 0.25) is 0 Å². The molecule has 19 heavy (non-hydrogen) atoms. The molecule has 6 nitrogen and oxygen atoms in total. The summed E-state index contributed by atoms with van der Waals surface area (Å²) in [7, 11) is 2.75. The quantitative estimate of drug-likeness (QED) is 0.717. The third-order valence-corrected chi connectivity index (χ3v) is 4.29. The lowest BCUT2D eigenvalue weighted by Gasteiger charge is -2.33. The minimum Gasteiger partial charge on any atom is -0.495 e. The first kappa shape index (κ1) is 14.5. The van der Waals surface area contributed by atoms with Crippen LogP contribution < -0.4 is 0 Å². The van der Waals surface area contributed by atoms with E-state index in [1.54, 1.807) is 6.08 Å². The van der Waals surface area contributed by atoms with E-state index in [4.69, 9.17) is 9.57 Å². The molecule has 0 bridgehead atoms. The van der Waals surface area contributed by atoms with Crippen LogP contribution in [0, 0.1) is 0 Å². The van der Waals surface area contributed by atoms with E-state index < -0.39 is 17.7 Å². The fourth-order valence-electron chi connectivity index (χ4n) is 1.92. The molecule has 1 heterocycles. The molecule has 0 radical (unpaired) electrons. The number of carbonyl (C=O) groups is 1. The lowest BCUT2D eigenvalue weighted by Crippen LogP contribution is -2.44. The van der Waals surface area contributed by atoms with Crippen LogP contribution in [0.15, 0.2) is 26.0 Å². The average Bonchev–Trinajstić information content (AvgIpc) is 2.81. The van der Waals surface area contributed by atoms with Gasteiger partial charge in [-0.2, -0.15) is 0 Å². The summed E-state index contributed by atoms with van der Waals surface area (Å²) in [6.45, 7) is 0. The Bertz CT molecular complexity index is 513. The topological polar surface area (TPSA) is 77.4 Å². The molecular weight excluding hydrogens is 386 g/mol. The fourth-order valence-corrected chi connectivity index (χ4v) is 3.72. The van der Waals surface area contributed by atoms with Crippen molar-refractivity contribution in [3.05, 3.63) is 20.8 Å². The van der Waals surface area contributed by atoms with Gasteiger partial charge in [-0.05, 0) is 37.9 Å². The Hall–Kier alpha value is -0.860. The zero-order valence-electron chi connectivity index (χ0n) is 10.1. The first-order valence-corrected chi connectivity index (χ1v) is 6.87. The molecule has 0 aromatic heterocycles. The number of methoxy groups -OCH3 is 2. The number of halogens is 2. The maximum atomic E-state index is 11.4. The first-order valence-electron chi connectivity index (χ1n) is 5.29. The summed E-state index contributed by atoms with van der Waals surface area (Å²) in [5.74, 6) is -0.112. The highest BCUT2D eigenvalue weighted by Gasteiger charge is 2.50. The van der Waals surface area contributed by atoms with Crippen molar-refractivity contribution in [1.82, 2.24) is 0 Å². The van der Waals surface area contributed by atoms with Gasteiger partial charge in [-0.15, -0.1) is 0 Å². The zero-order valence-corrected chi connectivity index (χ0v) is 13.3. The second kappa shape index (κ2) is 5.26. The summed E-state index contributed by atoms with van der Waals surface area (Å²) < 4.78 is 10.8. The van der Waals surface area contributed by atoms with Crippen LogP contribution in [-0.4, -0.2) is 42.7 Å². The molecule has 1 spiro atoms. The summed E-state index contributed by atoms with van der Waals surface area (Å²) in [6, 6.07) is 0. The number of hydrogen-bond donors (Lipinski definition) is 1. The fraction of sp³-hybridized carbons (Fsp3) is 0.455. The van der Waals surface area contributed by atoms with E-state index in [1.807, 2.05) is 0 Å². The van der Waals surface area contributed by atoms with Crippen LogP contribution in [0.2, 0.25) is 0 Å². The van der Waals surface area contributed by atoms with E-state index >= 15 is 0 Å². The molecule has 0 unspecified atom stereocenters. The normalized spacial score (nSPS) is 29.8. The molecule has 104 valence electrons. The van der Waals surface area contributed by atoms with Crippen molar-refractivity contribution in [2.75, 3.05) is 14.2 Å². The molecule has 0 fully saturated rings. The van der Waals surface area contributed by atoms with Gasteiger partial charge in [0.15, 0.2) is 11.3 Å². The molecule has 2 atom stereocenters. The summed E-state index contributed by atoms with van der Waals surface area (Å²) in [5.41, 5.74) is -1.01. The van der Waals surface area contributed by atoms with Crippen LogP contribution in [0.3, 0.4) is 0 Å². The molecular formula is C11H11Br2NO5. The lowest BCUT2D eigenvalue weighted by molar-refractivity contribution is -0.132. The number of carbonyl (C=O) groups excluding carboxylic acids is 1. The Balaban J connectivity index is 2.31. The highest BCUT2D eigenvalue weighted by Crippen LogP contribution is 2.43. The van der Waals surface area contributed by atoms with E-state index in [9.17, 15) is 9.90 Å². The van der Waals surface area contributed by atoms with Crippen molar-refractivity contribution in [3.63, 3.8) is 0 Å². The summed E-state index contributed by atoms with van der Waals surface area (Å²) in [4.78, 5) is 16.7. The predicted octanol–water partition coefficient (Wildman–Crippen LogP) is 1.58. The molecule has 1 aliphatic carbocycles. The Morgan fingerprint density at radius 2 is 2.26 bits per heavy atom. The Kier molecular flexibility index (Phi) is 4.03. The smallest absolute Gasteiger partial charge is 0.356 e. The summed E-state index contributed by atoms with van der Waals surface area (Å²) in [5, 5.41) is 14.0. The van der Waals surface area contributed by atoms with E-state index in [-0.39, 0.29) is 12.1 Å². The van der Waals surface area contributed by atoms with Gasteiger partial charge in [-0.1, -0.05) is 5.16 Å². The second-order valence-electron chi connectivity index (χ2n) is 4.03. The highest BCUT2D eigenvalue weighted by molar-refractivity contribution is 9.12. The molecule has 0 aromatic carbocycles. The first-order chi connectivity index (χ1) is 8.95. The Morgan fingerprint density at radius 1 is 1.58 bits per heavy atom. The Labute approximate surface area is 126 Å². The van der Waals surface area contributed by atoms with Gasteiger partial charge in [0.1, 0.15) is 11.9 Å². The SMILES string of the molecule is COC(=O)C1=NO[C@@]2(C=C(Br)C(OC)=C(Br)[C@H]2O)C1. The van der Waals surface area contributed by atoms with Gasteiger partial charge in [0.05, 0.1) is 23.2 Å². The monoisotopic (exact) mass is 395 g/mol. The number of nitrogens with zero attached hydrogens (tertiary/aromatic N) is 1. The van der Waals surface area contributed by atoms with E-state index in [2.05, 4.69) is 41.8 Å². The number of esters is 1. The molecule has 0 aromatic rings. The van der Waals surface area contributed by atoms with Crippen LogP contribution in [0.1, 0.15) is 6.42 Å². The molecule has 0 saturated heterocycles. The van der Waals surface area contributed by atoms with Crippen LogP contribution >= 0.6 is 31.9 Å². The van der Waals surface area contributed by atoms with E-state index in [0.29, 0.717) is 14.7 Å². The molecule has 2 aliphatic rings. The van der Waals surface area contributed by atoms with E-state index in [0.717, 1.165) is 0 Å². The van der Waals surface area contributed by atoms with Crippen LogP contribution in [-0.2, 0) is 19.1 Å². The van der Waals surface area contributed by atoms with Crippen LogP contribution in [0.25, 0.3) is 0 Å². The van der Waals surface area contributed by atoms with Crippen molar-refractivity contribution in [1.29, 1.82) is 0 Å². The van der Waals surface area contributed by atoms with Crippen molar-refractivity contribution in [2.45, 2.75) is 18.1 Å². The maximum absolute atomic E-state index is 11.4. The lowest BCUT2D eigenvalue weighted by atomic mass is 9.87. The number of aliphatic hydroxyl groups is 1. The number of hydrogen-bond acceptors (Lipinski definition) is 6. The van der Waals surface area contributed by atoms with Gasteiger partial charge in [-0.3, -0.25) is 0 Å². The average molecular weight is 397 g/mol. The molecule has 1 N–H and O–H groups in total. The Morgan fingerprint density at radius 3 is 2.84 bits per heavy atom. The molecule has 8 heteroatoms. The molecule has 1 aliphatic heterocycles. The van der Waals surface area contributed by atoms with Gasteiger partial charge in [0.25, 0.3) is 0 Å². The standard InChI is InChI=1S/C11H11Br2NO5/c1-17-8-5(12)3-11(9(15)7(8)13)4-6(14-19-11)10(16)18-2/h3,9,15H,4H2,1-2H3/t9-,11+/m1/s1. The van der Waals surface area contributed by atoms with Crippen molar-refractivity contribution in [2.24, 2.45) is 5.16 Å². The van der Waals surface area contributed by atoms with Gasteiger partial charge >= 0.3 is 5.97 Å². The van der Waals surface area contributed by atoms with Crippen LogP contribution in [0.5, 0.6) is 0 Å². The molecule has 0 amide bonds. The second-order valence-corrected chi connectivity index (χ2v) is 5.74. The number of rotatable bonds is 2. The van der Waals surface area contributed by atoms with E-state index in [1.165, 1.54) is 14.2 Å². The number of ether oxygens (including phenoxy) is 2. The number of aliphatic hydroxyl groups excluding tert-OH is 1. The largest absolute Gasteiger partial charge is 0.495 e. The molecule has 2 rings (SSSR count). The van der Waals surface area contributed by atoms with Gasteiger partial charge in [0, 0.05) is 6.42 Å². The van der Waals surface area contributed by atoms with Crippen LogP contribution in [0.4, 0.5) is 0 Å². The maximum Gasteiger partial charge on any atom is 0.356 e. The predicted molar refractivity (Wildman–Crippen MR) is 73.9 cm³/mol. The highest BCUT2D eigenvalue weighted by atomic mass is 79.9. The third kappa shape index (κ3) is 2.32. The summed E-state index contributed by atoms with van der Waals surface area (Å²) in [6.07, 6.45) is 0.706. The third-order valence-electron chi connectivity index (χ3n) is 2.90. The van der Waals surface area contributed by atoms with Crippen molar-refractivity contribution >= 4 is 43.5 Å². The van der Waals surface area contributed by atoms with Crippen molar-refractivity contribution in [3.8, 4) is 0 Å². The zero-order chi connectivity index (χ0) is 14.2. The van der Waals surface area contributed by atoms with Crippen molar-refractivity contribution < 1.29 is 24.2 Å². The molecule has 0 saturated carbocycles. The number of oxime groups is 1. The van der Waals surface area contributed by atoms with Gasteiger partial charge in [-0.25, -0.2) is 4.79 Å². The summed E-state index contributed by atoms with van der Waals surface area (Å²) >= 11 is 6.60. The van der Waals surface area contributed by atoms with Gasteiger partial charge < -0.3 is 19.4 Å².